The van der Waals surface area contributed by atoms with E-state index in [4.69, 9.17) is 5.73 Å². The summed E-state index contributed by atoms with van der Waals surface area (Å²) in [4.78, 5) is 16.1. The average Bonchev–Trinajstić information content (AvgIpc) is 2.66. The second-order valence-corrected chi connectivity index (χ2v) is 5.76. The lowest BCUT2D eigenvalue weighted by atomic mass is 10.0. The molecule has 2 aromatic carbocycles. The normalized spacial score (nSPS) is 11.2. The van der Waals surface area contributed by atoms with Crippen molar-refractivity contribution in [3.63, 3.8) is 0 Å². The van der Waals surface area contributed by atoms with E-state index in [-0.39, 0.29) is 5.91 Å². The van der Waals surface area contributed by atoms with Gasteiger partial charge in [0.2, 0.25) is 0 Å². The molecule has 0 unspecified atom stereocenters. The van der Waals surface area contributed by atoms with E-state index in [0.29, 0.717) is 18.1 Å². The van der Waals surface area contributed by atoms with Crippen LogP contribution in [0.3, 0.4) is 0 Å². The Morgan fingerprint density at radius 2 is 1.72 bits per heavy atom. The van der Waals surface area contributed by atoms with Gasteiger partial charge < -0.3 is 16.4 Å². The summed E-state index contributed by atoms with van der Waals surface area (Å²) in [5.74, 6) is 0.266. The molecule has 2 aromatic rings. The van der Waals surface area contributed by atoms with Crippen LogP contribution in [0.15, 0.2) is 47.5 Å². The third kappa shape index (κ3) is 4.83. The minimum Gasteiger partial charge on any atom is -0.370 e. The number of hydrogen-bond donors (Lipinski definition) is 3. The Hall–Kier alpha value is -2.82. The number of rotatable bonds is 6. The van der Waals surface area contributed by atoms with Gasteiger partial charge in [-0.1, -0.05) is 44.2 Å². The van der Waals surface area contributed by atoms with Crippen LogP contribution in [0.4, 0.5) is 5.69 Å². The molecule has 4 N–H and O–H groups in total. The van der Waals surface area contributed by atoms with Gasteiger partial charge in [-0.2, -0.15) is 0 Å². The van der Waals surface area contributed by atoms with Gasteiger partial charge in [0.15, 0.2) is 5.96 Å². The lowest BCUT2D eigenvalue weighted by molar-refractivity contribution is 0.0963. The number of para-hydroxylation sites is 1. The Morgan fingerprint density at radius 3 is 2.32 bits per heavy atom. The molecule has 0 heterocycles. The van der Waals surface area contributed by atoms with E-state index in [1.54, 1.807) is 13.1 Å². The monoisotopic (exact) mass is 338 g/mol. The molecule has 0 aliphatic carbocycles. The Morgan fingerprint density at radius 1 is 1.08 bits per heavy atom. The van der Waals surface area contributed by atoms with Gasteiger partial charge in [-0.3, -0.25) is 4.79 Å². The third-order valence-corrected chi connectivity index (χ3v) is 4.10. The molecule has 5 nitrogen and oxygen atoms in total. The summed E-state index contributed by atoms with van der Waals surface area (Å²) >= 11 is 0. The number of aliphatic imine (C=N–C) groups is 1. The largest absolute Gasteiger partial charge is 0.370 e. The second-order valence-electron chi connectivity index (χ2n) is 5.76. The van der Waals surface area contributed by atoms with Gasteiger partial charge in [0.25, 0.3) is 5.91 Å². The summed E-state index contributed by atoms with van der Waals surface area (Å²) in [7, 11) is 1.62. The molecule has 0 radical (unpaired) electrons. The topological polar surface area (TPSA) is 79.5 Å². The number of nitrogens with two attached hydrogens (primary N) is 1. The number of nitrogens with one attached hydrogen (secondary N) is 2. The van der Waals surface area contributed by atoms with Crippen molar-refractivity contribution >= 4 is 17.6 Å². The zero-order valence-corrected chi connectivity index (χ0v) is 15.1. The predicted octanol–water partition coefficient (Wildman–Crippen LogP) is 3.10. The highest BCUT2D eigenvalue weighted by Crippen LogP contribution is 2.22. The highest BCUT2D eigenvalue weighted by molar-refractivity contribution is 5.94. The predicted molar refractivity (Wildman–Crippen MR) is 104 cm³/mol. The average molecular weight is 338 g/mol. The molecule has 25 heavy (non-hydrogen) atoms. The molecule has 0 saturated heterocycles. The Bertz CT molecular complexity index is 746. The van der Waals surface area contributed by atoms with Crippen LogP contribution < -0.4 is 16.4 Å². The van der Waals surface area contributed by atoms with Crippen LogP contribution in [-0.4, -0.2) is 18.9 Å². The van der Waals surface area contributed by atoms with E-state index in [2.05, 4.69) is 47.7 Å². The van der Waals surface area contributed by atoms with Crippen LogP contribution in [0.1, 0.15) is 40.9 Å². The van der Waals surface area contributed by atoms with Gasteiger partial charge >= 0.3 is 0 Å². The van der Waals surface area contributed by atoms with E-state index in [0.717, 1.165) is 24.1 Å². The summed E-state index contributed by atoms with van der Waals surface area (Å²) in [5, 5.41) is 5.87. The number of aryl methyl sites for hydroxylation is 2. The number of guanidine groups is 1. The first-order valence-corrected chi connectivity index (χ1v) is 8.57. The van der Waals surface area contributed by atoms with Crippen molar-refractivity contribution in [3.8, 4) is 0 Å². The number of anilines is 1. The van der Waals surface area contributed by atoms with Crippen molar-refractivity contribution in [1.29, 1.82) is 0 Å². The minimum absolute atomic E-state index is 0.110. The molecular weight excluding hydrogens is 312 g/mol. The van der Waals surface area contributed by atoms with E-state index >= 15 is 0 Å². The number of benzene rings is 2. The molecule has 5 heteroatoms. The summed E-state index contributed by atoms with van der Waals surface area (Å²) in [6.45, 7) is 4.66. The maximum atomic E-state index is 11.7. The first-order chi connectivity index (χ1) is 12.1. The maximum Gasteiger partial charge on any atom is 0.251 e. The van der Waals surface area contributed by atoms with E-state index < -0.39 is 0 Å². The fraction of sp³-hybridized carbons (Fsp3) is 0.300. The van der Waals surface area contributed by atoms with Crippen LogP contribution in [-0.2, 0) is 19.4 Å². The quantitative estimate of drug-likeness (QED) is 0.559. The van der Waals surface area contributed by atoms with Gasteiger partial charge in [0.1, 0.15) is 0 Å². The number of amides is 1. The molecule has 1 amide bonds. The van der Waals surface area contributed by atoms with Gasteiger partial charge in [0, 0.05) is 18.3 Å². The van der Waals surface area contributed by atoms with Crippen molar-refractivity contribution < 1.29 is 4.79 Å². The molecule has 0 aliphatic heterocycles. The molecule has 0 fully saturated rings. The van der Waals surface area contributed by atoms with Crippen molar-refractivity contribution in [1.82, 2.24) is 5.32 Å². The fourth-order valence-corrected chi connectivity index (χ4v) is 2.70. The van der Waals surface area contributed by atoms with Gasteiger partial charge in [0.05, 0.1) is 6.54 Å². The summed E-state index contributed by atoms with van der Waals surface area (Å²) in [6.07, 6.45) is 1.86. The first kappa shape index (κ1) is 18.5. The Balaban J connectivity index is 2.14. The highest BCUT2D eigenvalue weighted by Gasteiger charge is 2.07. The minimum atomic E-state index is -0.110. The van der Waals surface area contributed by atoms with E-state index in [9.17, 15) is 4.79 Å². The molecule has 0 aliphatic rings. The van der Waals surface area contributed by atoms with Crippen LogP contribution in [0.2, 0.25) is 0 Å². The van der Waals surface area contributed by atoms with Crippen molar-refractivity contribution in [2.45, 2.75) is 33.2 Å². The van der Waals surface area contributed by atoms with Gasteiger partial charge in [-0.05, 0) is 41.7 Å². The molecule has 132 valence electrons. The van der Waals surface area contributed by atoms with E-state index in [1.807, 2.05) is 18.2 Å². The first-order valence-electron chi connectivity index (χ1n) is 8.57. The SMILES string of the molecule is CCc1cccc(CC)c1NC(N)=NCc1cccc(C(=O)NC)c1. The Kier molecular flexibility index (Phi) is 6.57. The van der Waals surface area contributed by atoms with Crippen LogP contribution in [0, 0.1) is 0 Å². The summed E-state index contributed by atoms with van der Waals surface area (Å²) in [6, 6.07) is 13.6. The number of carbonyl (C=O) groups is 1. The second kappa shape index (κ2) is 8.87. The smallest absolute Gasteiger partial charge is 0.251 e. The number of hydrogen-bond acceptors (Lipinski definition) is 2. The lowest BCUT2D eigenvalue weighted by Gasteiger charge is -2.14. The van der Waals surface area contributed by atoms with Crippen LogP contribution >= 0.6 is 0 Å². The van der Waals surface area contributed by atoms with Crippen LogP contribution in [0.25, 0.3) is 0 Å². The molecule has 0 aromatic heterocycles. The molecule has 0 spiro atoms. The maximum absolute atomic E-state index is 11.7. The Labute approximate surface area is 149 Å². The number of nitrogens with zero attached hydrogens (tertiary/aromatic N) is 1. The summed E-state index contributed by atoms with van der Waals surface area (Å²) in [5.41, 5.74) is 11.1. The van der Waals surface area contributed by atoms with Crippen molar-refractivity contribution in [2.24, 2.45) is 10.7 Å². The number of carbonyl (C=O) groups excluding carboxylic acids is 1. The molecule has 0 atom stereocenters. The summed E-state index contributed by atoms with van der Waals surface area (Å²) < 4.78 is 0. The lowest BCUT2D eigenvalue weighted by Crippen LogP contribution is -2.24. The molecule has 2 rings (SSSR count). The van der Waals surface area contributed by atoms with Gasteiger partial charge in [-0.15, -0.1) is 0 Å². The van der Waals surface area contributed by atoms with E-state index in [1.165, 1.54) is 11.1 Å². The van der Waals surface area contributed by atoms with Gasteiger partial charge in [-0.25, -0.2) is 4.99 Å². The van der Waals surface area contributed by atoms with Crippen LogP contribution in [0.5, 0.6) is 0 Å². The molecule has 0 bridgehead atoms. The standard InChI is InChI=1S/C20H26N4O/c1-4-15-9-7-10-16(5-2)18(15)24-20(21)23-13-14-8-6-11-17(12-14)19(25)22-3/h6-12H,4-5,13H2,1-3H3,(H,22,25)(H3,21,23,24). The zero-order valence-electron chi connectivity index (χ0n) is 15.1. The highest BCUT2D eigenvalue weighted by atomic mass is 16.1. The third-order valence-electron chi connectivity index (χ3n) is 4.10. The molecular formula is C20H26N4O. The zero-order chi connectivity index (χ0) is 18.2. The molecule has 0 saturated carbocycles. The van der Waals surface area contributed by atoms with Crippen molar-refractivity contribution in [3.05, 3.63) is 64.7 Å². The fourth-order valence-electron chi connectivity index (χ4n) is 2.70. The van der Waals surface area contributed by atoms with Crippen molar-refractivity contribution in [2.75, 3.05) is 12.4 Å².